The molecular formula is C30H32N4O2. The number of hydrogen-bond acceptors (Lipinski definition) is 6. The van der Waals surface area contributed by atoms with Gasteiger partial charge in [0.15, 0.2) is 5.82 Å². The van der Waals surface area contributed by atoms with Crippen LogP contribution in [0, 0.1) is 6.92 Å². The summed E-state index contributed by atoms with van der Waals surface area (Å²) < 4.78 is 11.0. The number of nitrogens with zero attached hydrogens (tertiary/aromatic N) is 4. The highest BCUT2D eigenvalue weighted by molar-refractivity contribution is 5.70. The molecular weight excluding hydrogens is 448 g/mol. The van der Waals surface area contributed by atoms with Gasteiger partial charge in [0.1, 0.15) is 11.5 Å². The van der Waals surface area contributed by atoms with Crippen molar-refractivity contribution in [2.24, 2.45) is 0 Å². The molecule has 184 valence electrons. The van der Waals surface area contributed by atoms with Crippen molar-refractivity contribution >= 4 is 0 Å². The smallest absolute Gasteiger partial charge is 0.159 e. The van der Waals surface area contributed by atoms with Gasteiger partial charge in [-0.3, -0.25) is 9.88 Å². The first-order valence-electron chi connectivity index (χ1n) is 12.4. The van der Waals surface area contributed by atoms with Gasteiger partial charge in [-0.05, 0) is 55.6 Å². The molecule has 1 atom stereocenters. The van der Waals surface area contributed by atoms with E-state index in [4.69, 9.17) is 19.4 Å². The SMILES string of the molecule is COc1ccc(CN2CCCC(c3nc(-c4ccncc4)ncc3-c3ccccc3C)C2)c(OC)c1. The Morgan fingerprint density at radius 1 is 0.972 bits per heavy atom. The number of benzene rings is 2. The minimum absolute atomic E-state index is 0.307. The second kappa shape index (κ2) is 10.9. The Morgan fingerprint density at radius 2 is 1.81 bits per heavy atom. The molecule has 0 N–H and O–H groups in total. The van der Waals surface area contributed by atoms with Gasteiger partial charge in [-0.1, -0.05) is 30.3 Å². The number of aromatic nitrogens is 3. The van der Waals surface area contributed by atoms with Gasteiger partial charge in [0, 0.05) is 60.4 Å². The first kappa shape index (κ1) is 23.9. The number of likely N-dealkylation sites (tertiary alicyclic amines) is 1. The van der Waals surface area contributed by atoms with Crippen LogP contribution < -0.4 is 9.47 Å². The molecule has 0 saturated carbocycles. The number of ether oxygens (including phenoxy) is 2. The van der Waals surface area contributed by atoms with Crippen LogP contribution in [0.1, 0.15) is 35.6 Å². The molecule has 4 aromatic rings. The topological polar surface area (TPSA) is 60.4 Å². The van der Waals surface area contributed by atoms with Crippen molar-refractivity contribution in [2.75, 3.05) is 27.3 Å². The van der Waals surface area contributed by atoms with Crippen LogP contribution in [-0.2, 0) is 6.54 Å². The lowest BCUT2D eigenvalue weighted by atomic mass is 9.88. The van der Waals surface area contributed by atoms with E-state index in [-0.39, 0.29) is 0 Å². The van der Waals surface area contributed by atoms with Crippen LogP contribution in [0.3, 0.4) is 0 Å². The average Bonchev–Trinajstić information content (AvgIpc) is 2.94. The molecule has 36 heavy (non-hydrogen) atoms. The van der Waals surface area contributed by atoms with E-state index >= 15 is 0 Å². The van der Waals surface area contributed by atoms with Gasteiger partial charge < -0.3 is 9.47 Å². The Morgan fingerprint density at radius 3 is 2.58 bits per heavy atom. The summed E-state index contributed by atoms with van der Waals surface area (Å²) in [6.45, 7) is 4.96. The summed E-state index contributed by atoms with van der Waals surface area (Å²) in [5.41, 5.74) is 6.83. The van der Waals surface area contributed by atoms with Crippen molar-refractivity contribution in [3.8, 4) is 34.0 Å². The van der Waals surface area contributed by atoms with Crippen LogP contribution in [0.15, 0.2) is 73.2 Å². The first-order chi connectivity index (χ1) is 17.7. The third-order valence-electron chi connectivity index (χ3n) is 6.97. The number of methoxy groups -OCH3 is 2. The molecule has 3 heterocycles. The molecule has 0 amide bonds. The van der Waals surface area contributed by atoms with Crippen LogP contribution in [-0.4, -0.2) is 47.2 Å². The number of hydrogen-bond donors (Lipinski definition) is 0. The van der Waals surface area contributed by atoms with Crippen LogP contribution in [0.4, 0.5) is 0 Å². The Balaban J connectivity index is 1.48. The lowest BCUT2D eigenvalue weighted by Gasteiger charge is -2.33. The van der Waals surface area contributed by atoms with Gasteiger partial charge in [0.25, 0.3) is 0 Å². The molecule has 2 aromatic carbocycles. The van der Waals surface area contributed by atoms with Gasteiger partial charge in [0.05, 0.1) is 19.9 Å². The van der Waals surface area contributed by atoms with Crippen LogP contribution >= 0.6 is 0 Å². The maximum atomic E-state index is 5.66. The van der Waals surface area contributed by atoms with Gasteiger partial charge in [0.2, 0.25) is 0 Å². The molecule has 1 fully saturated rings. The van der Waals surface area contributed by atoms with Gasteiger partial charge in [-0.2, -0.15) is 0 Å². The van der Waals surface area contributed by atoms with E-state index in [1.54, 1.807) is 26.6 Å². The van der Waals surface area contributed by atoms with E-state index in [0.717, 1.165) is 66.6 Å². The normalized spacial score (nSPS) is 16.0. The summed E-state index contributed by atoms with van der Waals surface area (Å²) in [6, 6.07) is 18.5. The third-order valence-corrected chi connectivity index (χ3v) is 6.97. The Kier molecular flexibility index (Phi) is 7.23. The van der Waals surface area contributed by atoms with Gasteiger partial charge >= 0.3 is 0 Å². The monoisotopic (exact) mass is 480 g/mol. The van der Waals surface area contributed by atoms with E-state index in [1.165, 1.54) is 16.7 Å². The molecule has 1 aliphatic heterocycles. The lowest BCUT2D eigenvalue weighted by Crippen LogP contribution is -2.34. The molecule has 0 spiro atoms. The lowest BCUT2D eigenvalue weighted by molar-refractivity contribution is 0.196. The zero-order chi connectivity index (χ0) is 24.9. The highest BCUT2D eigenvalue weighted by Gasteiger charge is 2.27. The van der Waals surface area contributed by atoms with E-state index in [0.29, 0.717) is 5.92 Å². The molecule has 1 aliphatic rings. The second-order valence-corrected chi connectivity index (χ2v) is 9.30. The Bertz CT molecular complexity index is 1330. The predicted molar refractivity (Wildman–Crippen MR) is 142 cm³/mol. The molecule has 0 aliphatic carbocycles. The molecule has 6 nitrogen and oxygen atoms in total. The number of rotatable bonds is 7. The molecule has 6 heteroatoms. The van der Waals surface area contributed by atoms with E-state index < -0.39 is 0 Å². The summed E-state index contributed by atoms with van der Waals surface area (Å²) in [5.74, 6) is 2.72. The molecule has 0 bridgehead atoms. The van der Waals surface area contributed by atoms with Crippen molar-refractivity contribution in [1.29, 1.82) is 0 Å². The highest BCUT2D eigenvalue weighted by atomic mass is 16.5. The Labute approximate surface area is 213 Å². The Hall–Kier alpha value is -3.77. The predicted octanol–water partition coefficient (Wildman–Crippen LogP) is 5.91. The average molecular weight is 481 g/mol. The molecule has 5 rings (SSSR count). The van der Waals surface area contributed by atoms with Crippen molar-refractivity contribution in [2.45, 2.75) is 32.2 Å². The summed E-state index contributed by atoms with van der Waals surface area (Å²) in [7, 11) is 3.39. The zero-order valence-corrected chi connectivity index (χ0v) is 21.1. The number of pyridine rings is 1. The van der Waals surface area contributed by atoms with Crippen molar-refractivity contribution in [1.82, 2.24) is 19.9 Å². The fraction of sp³-hybridized carbons (Fsp3) is 0.300. The quantitative estimate of drug-likeness (QED) is 0.328. The molecule has 1 saturated heterocycles. The largest absolute Gasteiger partial charge is 0.497 e. The van der Waals surface area contributed by atoms with E-state index in [2.05, 4.69) is 47.1 Å². The van der Waals surface area contributed by atoms with E-state index in [1.807, 2.05) is 30.5 Å². The van der Waals surface area contributed by atoms with Gasteiger partial charge in [-0.15, -0.1) is 0 Å². The summed E-state index contributed by atoms with van der Waals surface area (Å²) in [5, 5.41) is 0. The van der Waals surface area contributed by atoms with Crippen LogP contribution in [0.5, 0.6) is 11.5 Å². The summed E-state index contributed by atoms with van der Waals surface area (Å²) >= 11 is 0. The zero-order valence-electron chi connectivity index (χ0n) is 21.1. The minimum atomic E-state index is 0.307. The number of piperidine rings is 1. The van der Waals surface area contributed by atoms with Crippen molar-refractivity contribution < 1.29 is 9.47 Å². The van der Waals surface area contributed by atoms with Gasteiger partial charge in [-0.25, -0.2) is 9.97 Å². The second-order valence-electron chi connectivity index (χ2n) is 9.30. The van der Waals surface area contributed by atoms with Crippen molar-refractivity contribution in [3.05, 3.63) is 90.0 Å². The minimum Gasteiger partial charge on any atom is -0.497 e. The van der Waals surface area contributed by atoms with Crippen LogP contribution in [0.25, 0.3) is 22.5 Å². The fourth-order valence-corrected chi connectivity index (χ4v) is 5.07. The fourth-order valence-electron chi connectivity index (χ4n) is 5.07. The highest BCUT2D eigenvalue weighted by Crippen LogP contribution is 2.36. The maximum Gasteiger partial charge on any atom is 0.159 e. The summed E-state index contributed by atoms with van der Waals surface area (Å²) in [6.07, 6.45) is 7.80. The maximum absolute atomic E-state index is 5.66. The molecule has 1 unspecified atom stereocenters. The first-order valence-corrected chi connectivity index (χ1v) is 12.4. The summed E-state index contributed by atoms with van der Waals surface area (Å²) in [4.78, 5) is 16.6. The van der Waals surface area contributed by atoms with Crippen molar-refractivity contribution in [3.63, 3.8) is 0 Å². The third kappa shape index (κ3) is 5.09. The molecule has 0 radical (unpaired) electrons. The molecule has 2 aromatic heterocycles. The van der Waals surface area contributed by atoms with E-state index in [9.17, 15) is 0 Å². The van der Waals surface area contributed by atoms with Crippen LogP contribution in [0.2, 0.25) is 0 Å². The standard InChI is InChI=1S/C30H32N4O2/c1-21-7-4-5-9-26(21)27-18-32-30(22-12-14-31-15-13-22)33-29(27)24-8-6-16-34(20-24)19-23-10-11-25(35-2)17-28(23)36-3/h4-5,7,9-15,17-18,24H,6,8,16,19-20H2,1-3H3. The number of aryl methyl sites for hydroxylation is 1.